The Morgan fingerprint density at radius 2 is 1.04 bits per heavy atom. The van der Waals surface area contributed by atoms with Crippen LogP contribution in [0.1, 0.15) is 13.8 Å². The fraction of sp³-hybridized carbons (Fsp3) is 0.261. The lowest BCUT2D eigenvalue weighted by Crippen LogP contribution is -2.19. The number of sulfonamides is 2. The molecule has 2 N–H and O–H groups in total. The molecule has 1 aliphatic heterocycles. The molecular weight excluding hydrogens is 933 g/mol. The van der Waals surface area contributed by atoms with Crippen LogP contribution in [0.2, 0.25) is 0 Å². The first kappa shape index (κ1) is 47.7. The highest BCUT2D eigenvalue weighted by molar-refractivity contribution is 7.93. The summed E-state index contributed by atoms with van der Waals surface area (Å²) in [6, 6.07) is 20.3. The first-order valence-corrected chi connectivity index (χ1v) is 24.1. The van der Waals surface area contributed by atoms with Crippen molar-refractivity contribution in [1.82, 2.24) is 37.4 Å². The molecule has 23 heteroatoms. The summed E-state index contributed by atoms with van der Waals surface area (Å²) in [5.41, 5.74) is 2.67. The van der Waals surface area contributed by atoms with E-state index in [1.807, 2.05) is 13.8 Å². The average Bonchev–Trinajstić information content (AvgIpc) is 3.52. The average molecular weight is 983 g/mol. The van der Waals surface area contributed by atoms with Crippen LogP contribution in [-0.2, 0) is 67.1 Å². The van der Waals surface area contributed by atoms with E-state index >= 15 is 0 Å². The molecule has 4 aromatic heterocycles. The van der Waals surface area contributed by atoms with Crippen molar-refractivity contribution < 1.29 is 40.5 Å². The standard InChI is InChI=1S/C23H25N5O6S.C23H25N5O5S/c1-23(13-33-23)12-32-15-6-5-7-16(8-15)34-20-10-19-18(27(3)22(29)28(19)4)9-17(20)25-35(30,31)21-11-26(2)14-24-21;1-15(2)13-32-16-7-6-8-17(9-16)33-21-11-20-19(27(4)23(29)28(20)5)10-18(21)25-34(30,31)22-12-26(3)14-24-22/h5-11,14,25H,12-13H2,1-4H3;6-12,14,25H,1,13H2,2-5H3. The van der Waals surface area contributed by atoms with Crippen molar-refractivity contribution in [2.45, 2.75) is 29.5 Å². The number of aromatic nitrogens is 8. The smallest absolute Gasteiger partial charge is 0.328 e. The van der Waals surface area contributed by atoms with Crippen LogP contribution in [0.3, 0.4) is 0 Å². The van der Waals surface area contributed by atoms with Crippen LogP contribution in [0, 0.1) is 0 Å². The van der Waals surface area contributed by atoms with E-state index in [9.17, 15) is 26.4 Å². The number of nitrogens with one attached hydrogen (secondary N) is 2. The molecule has 1 unspecified atom stereocenters. The number of aryl methyl sites for hydroxylation is 6. The van der Waals surface area contributed by atoms with Gasteiger partial charge in [0.05, 0.1) is 52.7 Å². The summed E-state index contributed by atoms with van der Waals surface area (Å²) in [7, 11) is 1.84. The van der Waals surface area contributed by atoms with E-state index in [1.165, 1.54) is 52.5 Å². The topological polar surface area (TPSA) is 231 Å². The number of epoxide rings is 1. The van der Waals surface area contributed by atoms with E-state index in [1.54, 1.807) is 115 Å². The molecule has 0 spiro atoms. The second kappa shape index (κ2) is 18.4. The van der Waals surface area contributed by atoms with E-state index in [0.717, 1.165) is 5.57 Å². The summed E-state index contributed by atoms with van der Waals surface area (Å²) in [6.45, 7) is 9.06. The number of imidazole rings is 4. The molecule has 69 heavy (non-hydrogen) atoms. The van der Waals surface area contributed by atoms with Gasteiger partial charge in [0.15, 0.2) is 21.6 Å². The summed E-state index contributed by atoms with van der Waals surface area (Å²) < 4.78 is 94.9. The van der Waals surface area contributed by atoms with Crippen LogP contribution in [0.5, 0.6) is 34.5 Å². The molecule has 0 bridgehead atoms. The second-order valence-corrected chi connectivity index (χ2v) is 20.1. The van der Waals surface area contributed by atoms with Gasteiger partial charge >= 0.3 is 11.4 Å². The summed E-state index contributed by atoms with van der Waals surface area (Å²) in [4.78, 5) is 32.8. The van der Waals surface area contributed by atoms with Gasteiger partial charge in [-0.2, -0.15) is 16.8 Å². The first-order chi connectivity index (χ1) is 32.6. The number of hydrogen-bond donors (Lipinski definition) is 2. The number of fused-ring (bicyclic) bond motifs is 2. The number of ether oxygens (including phenoxy) is 5. The molecule has 0 radical (unpaired) electrons. The molecule has 21 nitrogen and oxygen atoms in total. The van der Waals surface area contributed by atoms with Gasteiger partial charge in [0.2, 0.25) is 0 Å². The molecule has 5 heterocycles. The summed E-state index contributed by atoms with van der Waals surface area (Å²) in [6.07, 6.45) is 5.58. The van der Waals surface area contributed by atoms with Gasteiger partial charge in [0.25, 0.3) is 20.0 Å². The van der Waals surface area contributed by atoms with Crippen molar-refractivity contribution in [2.75, 3.05) is 29.3 Å². The van der Waals surface area contributed by atoms with E-state index in [4.69, 9.17) is 23.7 Å². The van der Waals surface area contributed by atoms with Crippen molar-refractivity contribution >= 4 is 53.5 Å². The molecule has 362 valence electrons. The zero-order valence-corrected chi connectivity index (χ0v) is 40.6. The molecule has 4 aromatic carbocycles. The van der Waals surface area contributed by atoms with Gasteiger partial charge in [-0.1, -0.05) is 18.7 Å². The third kappa shape index (κ3) is 10.4. The third-order valence-electron chi connectivity index (χ3n) is 10.9. The maximum Gasteiger partial charge on any atom is 0.328 e. The lowest BCUT2D eigenvalue weighted by atomic mass is 10.2. The summed E-state index contributed by atoms with van der Waals surface area (Å²) in [5.74, 6) is 2.45. The van der Waals surface area contributed by atoms with Gasteiger partial charge in [0.1, 0.15) is 41.8 Å². The Balaban J connectivity index is 0.000000186. The Hall–Kier alpha value is -7.76. The molecule has 1 fully saturated rings. The quantitative estimate of drug-likeness (QED) is 0.0897. The van der Waals surface area contributed by atoms with Crippen molar-refractivity contribution in [3.8, 4) is 34.5 Å². The van der Waals surface area contributed by atoms with Crippen LogP contribution in [0.15, 0.2) is 130 Å². The Kier molecular flexibility index (Phi) is 12.7. The molecule has 0 amide bonds. The molecule has 1 saturated heterocycles. The van der Waals surface area contributed by atoms with E-state index in [2.05, 4.69) is 26.0 Å². The molecule has 1 atom stereocenters. The molecule has 8 aromatic rings. The van der Waals surface area contributed by atoms with E-state index in [-0.39, 0.29) is 49.9 Å². The van der Waals surface area contributed by atoms with Crippen LogP contribution < -0.4 is 39.8 Å². The fourth-order valence-electron chi connectivity index (χ4n) is 6.99. The fourth-order valence-corrected chi connectivity index (χ4v) is 9.08. The van der Waals surface area contributed by atoms with E-state index in [0.29, 0.717) is 64.9 Å². The number of benzene rings is 4. The van der Waals surface area contributed by atoms with Crippen molar-refractivity contribution in [1.29, 1.82) is 0 Å². The van der Waals surface area contributed by atoms with Crippen molar-refractivity contribution in [3.05, 3.63) is 131 Å². The SMILES string of the molecule is C=C(C)COc1cccc(Oc2cc3c(cc2NS(=O)(=O)c2cn(C)cn2)n(C)c(=O)n3C)c1.Cn1cnc(S(=O)(=O)Nc2cc3c(cc2Oc2cccc(OCC4(C)CO4)c2)n(C)c(=O)n3C)c1. The number of nitrogens with zero attached hydrogens (tertiary/aromatic N) is 8. The molecular formula is C46H50N10O11S2. The second-order valence-electron chi connectivity index (χ2n) is 16.9. The minimum atomic E-state index is -4.01. The molecule has 0 aliphatic carbocycles. The first-order valence-electron chi connectivity index (χ1n) is 21.1. The lowest BCUT2D eigenvalue weighted by Gasteiger charge is -2.15. The van der Waals surface area contributed by atoms with E-state index < -0.39 is 20.0 Å². The van der Waals surface area contributed by atoms with Crippen molar-refractivity contribution in [2.24, 2.45) is 42.3 Å². The Morgan fingerprint density at radius 1 is 0.652 bits per heavy atom. The van der Waals surface area contributed by atoms with Gasteiger partial charge in [-0.3, -0.25) is 27.7 Å². The normalized spacial score (nSPS) is 14.6. The molecule has 1 aliphatic rings. The number of rotatable bonds is 16. The minimum Gasteiger partial charge on any atom is -0.490 e. The Bertz CT molecular complexity index is 3630. The maximum absolute atomic E-state index is 13.0. The monoisotopic (exact) mass is 982 g/mol. The predicted molar refractivity (Wildman–Crippen MR) is 258 cm³/mol. The Morgan fingerprint density at radius 3 is 1.42 bits per heavy atom. The zero-order valence-electron chi connectivity index (χ0n) is 39.0. The maximum atomic E-state index is 13.0. The van der Waals surface area contributed by atoms with Gasteiger partial charge in [-0.05, 0) is 55.8 Å². The van der Waals surface area contributed by atoms with Gasteiger partial charge in [0, 0.05) is 78.9 Å². The van der Waals surface area contributed by atoms with Crippen LogP contribution in [-0.4, -0.2) is 79.6 Å². The van der Waals surface area contributed by atoms with Gasteiger partial charge < -0.3 is 32.8 Å². The molecule has 9 rings (SSSR count). The van der Waals surface area contributed by atoms with Gasteiger partial charge in [-0.25, -0.2) is 19.6 Å². The predicted octanol–water partition coefficient (Wildman–Crippen LogP) is 5.53. The highest BCUT2D eigenvalue weighted by Gasteiger charge is 2.40. The van der Waals surface area contributed by atoms with Crippen molar-refractivity contribution in [3.63, 3.8) is 0 Å². The summed E-state index contributed by atoms with van der Waals surface area (Å²) >= 11 is 0. The van der Waals surface area contributed by atoms with Crippen LogP contribution >= 0.6 is 0 Å². The highest BCUT2D eigenvalue weighted by Crippen LogP contribution is 2.38. The number of anilines is 2. The molecule has 0 saturated carbocycles. The summed E-state index contributed by atoms with van der Waals surface area (Å²) in [5, 5.41) is -0.280. The minimum absolute atomic E-state index is 0.140. The third-order valence-corrected chi connectivity index (χ3v) is 13.4. The lowest BCUT2D eigenvalue weighted by molar-refractivity contribution is 0.202. The largest absolute Gasteiger partial charge is 0.490 e. The van der Waals surface area contributed by atoms with Crippen LogP contribution in [0.25, 0.3) is 22.1 Å². The van der Waals surface area contributed by atoms with Crippen LogP contribution in [0.4, 0.5) is 11.4 Å². The van der Waals surface area contributed by atoms with Gasteiger partial charge in [-0.15, -0.1) is 0 Å². The number of hydrogen-bond acceptors (Lipinski definition) is 13. The highest BCUT2D eigenvalue weighted by atomic mass is 32.2. The Labute approximate surface area is 396 Å². The zero-order chi connectivity index (χ0) is 49.6.